The number of nitrogens with zero attached hydrogens (tertiary/aromatic N) is 1. The summed E-state index contributed by atoms with van der Waals surface area (Å²) < 4.78 is 0. The number of hydrogen-bond donors (Lipinski definition) is 2. The van der Waals surface area contributed by atoms with E-state index in [1.165, 1.54) is 32.1 Å². The third-order valence-corrected chi connectivity index (χ3v) is 6.54. The van der Waals surface area contributed by atoms with Crippen LogP contribution in [0.4, 0.5) is 0 Å². The number of nitrogens with one attached hydrogen (secondary N) is 1. The van der Waals surface area contributed by atoms with Crippen molar-refractivity contribution >= 4 is 17.7 Å². The fourth-order valence-electron chi connectivity index (χ4n) is 3.76. The number of carbonyl (C=O) groups is 1. The van der Waals surface area contributed by atoms with Gasteiger partial charge in [0.15, 0.2) is 0 Å². The number of carboxylic acids is 1. The summed E-state index contributed by atoms with van der Waals surface area (Å²) in [4.78, 5) is 13.8. The second kappa shape index (κ2) is 5.62. The van der Waals surface area contributed by atoms with Crippen LogP contribution in [0.5, 0.6) is 0 Å². The zero-order valence-corrected chi connectivity index (χ0v) is 12.3. The third kappa shape index (κ3) is 2.93. The molecule has 0 unspecified atom stereocenters. The SMILES string of the molecule is O=C(O)[C@@H]1CSC2(CCN(C3CCCCC3)CC2)N1. The number of likely N-dealkylation sites (tertiary alicyclic amines) is 1. The molecule has 0 aromatic heterocycles. The molecule has 108 valence electrons. The summed E-state index contributed by atoms with van der Waals surface area (Å²) in [6.07, 6.45) is 9.11. The first kappa shape index (κ1) is 13.7. The molecule has 3 aliphatic rings. The van der Waals surface area contributed by atoms with Crippen LogP contribution in [0, 0.1) is 0 Å². The average molecular weight is 284 g/mol. The number of thioether (sulfide) groups is 1. The van der Waals surface area contributed by atoms with Crippen LogP contribution in [0.1, 0.15) is 44.9 Å². The molecule has 0 aromatic rings. The topological polar surface area (TPSA) is 52.6 Å². The molecule has 2 N–H and O–H groups in total. The zero-order chi connectivity index (χ0) is 13.3. The maximum Gasteiger partial charge on any atom is 0.321 e. The highest BCUT2D eigenvalue weighted by molar-refractivity contribution is 8.01. The van der Waals surface area contributed by atoms with Gasteiger partial charge >= 0.3 is 5.97 Å². The van der Waals surface area contributed by atoms with Crippen molar-refractivity contribution in [3.05, 3.63) is 0 Å². The minimum absolute atomic E-state index is 0.0498. The molecule has 5 heteroatoms. The molecular formula is C14H24N2O2S. The average Bonchev–Trinajstić information content (AvgIpc) is 2.85. The second-order valence-corrected chi connectivity index (χ2v) is 7.57. The van der Waals surface area contributed by atoms with Crippen molar-refractivity contribution < 1.29 is 9.90 Å². The highest BCUT2D eigenvalue weighted by Gasteiger charge is 2.44. The quantitative estimate of drug-likeness (QED) is 0.811. The summed E-state index contributed by atoms with van der Waals surface area (Å²) in [5.74, 6) is 0.0257. The standard InChI is InChI=1S/C14H24N2O2S/c17-13(18)12-10-19-14(15-12)6-8-16(9-7-14)11-4-2-1-3-5-11/h11-12,15H,1-10H2,(H,17,18)/t12-/m0/s1. The van der Waals surface area contributed by atoms with Crippen LogP contribution >= 0.6 is 11.8 Å². The highest BCUT2D eigenvalue weighted by atomic mass is 32.2. The maximum atomic E-state index is 11.1. The lowest BCUT2D eigenvalue weighted by atomic mass is 9.92. The molecule has 4 nitrogen and oxygen atoms in total. The van der Waals surface area contributed by atoms with E-state index < -0.39 is 5.97 Å². The summed E-state index contributed by atoms with van der Waals surface area (Å²) >= 11 is 1.83. The molecule has 1 spiro atoms. The van der Waals surface area contributed by atoms with Gasteiger partial charge in [-0.05, 0) is 25.7 Å². The molecule has 1 aliphatic carbocycles. The lowest BCUT2D eigenvalue weighted by Gasteiger charge is -2.43. The Bertz CT molecular complexity index is 336. The third-order valence-electron chi connectivity index (χ3n) is 4.96. The van der Waals surface area contributed by atoms with Gasteiger partial charge in [0.2, 0.25) is 0 Å². The molecule has 2 saturated heterocycles. The number of aliphatic carboxylic acids is 1. The second-order valence-electron chi connectivity index (χ2n) is 6.17. The van der Waals surface area contributed by atoms with Gasteiger partial charge < -0.3 is 10.0 Å². The first-order valence-electron chi connectivity index (χ1n) is 7.57. The fraction of sp³-hybridized carbons (Fsp3) is 0.929. The molecule has 3 fully saturated rings. The van der Waals surface area contributed by atoms with E-state index >= 15 is 0 Å². The number of hydrogen-bond acceptors (Lipinski definition) is 4. The summed E-state index contributed by atoms with van der Waals surface area (Å²) in [6.45, 7) is 2.27. The van der Waals surface area contributed by atoms with Crippen LogP contribution in [0.2, 0.25) is 0 Å². The first-order valence-corrected chi connectivity index (χ1v) is 8.56. The summed E-state index contributed by atoms with van der Waals surface area (Å²) in [6, 6.07) is 0.457. The van der Waals surface area contributed by atoms with E-state index in [4.69, 9.17) is 5.11 Å². The Morgan fingerprint density at radius 1 is 1.21 bits per heavy atom. The summed E-state index contributed by atoms with van der Waals surface area (Å²) in [7, 11) is 0. The normalized spacial score (nSPS) is 32.7. The van der Waals surface area contributed by atoms with Gasteiger partial charge in [0.25, 0.3) is 0 Å². The van der Waals surface area contributed by atoms with Gasteiger partial charge in [-0.2, -0.15) is 0 Å². The Morgan fingerprint density at radius 3 is 2.47 bits per heavy atom. The van der Waals surface area contributed by atoms with Gasteiger partial charge in [-0.1, -0.05) is 19.3 Å². The van der Waals surface area contributed by atoms with E-state index in [9.17, 15) is 4.79 Å². The van der Waals surface area contributed by atoms with Crippen LogP contribution in [-0.2, 0) is 4.79 Å². The van der Waals surface area contributed by atoms with Gasteiger partial charge in [0.1, 0.15) is 6.04 Å². The number of piperidine rings is 1. The Labute approximate surface area is 119 Å². The Morgan fingerprint density at radius 2 is 1.89 bits per heavy atom. The molecule has 2 heterocycles. The van der Waals surface area contributed by atoms with E-state index in [1.807, 2.05) is 11.8 Å². The molecule has 1 atom stereocenters. The molecule has 0 aromatic carbocycles. The van der Waals surface area contributed by atoms with Crippen molar-refractivity contribution in [1.29, 1.82) is 0 Å². The van der Waals surface area contributed by atoms with Crippen molar-refractivity contribution in [3.63, 3.8) is 0 Å². The van der Waals surface area contributed by atoms with Gasteiger partial charge in [0, 0.05) is 24.9 Å². The van der Waals surface area contributed by atoms with Gasteiger partial charge in [-0.25, -0.2) is 0 Å². The smallest absolute Gasteiger partial charge is 0.321 e. The van der Waals surface area contributed by atoms with E-state index in [0.717, 1.165) is 37.7 Å². The van der Waals surface area contributed by atoms with Crippen molar-refractivity contribution in [2.45, 2.75) is 61.9 Å². The zero-order valence-electron chi connectivity index (χ0n) is 11.4. The molecule has 0 bridgehead atoms. The van der Waals surface area contributed by atoms with Crippen LogP contribution in [0.15, 0.2) is 0 Å². The molecule has 19 heavy (non-hydrogen) atoms. The van der Waals surface area contributed by atoms with Crippen molar-refractivity contribution in [1.82, 2.24) is 10.2 Å². The molecule has 3 rings (SSSR count). The molecule has 0 amide bonds. The number of rotatable bonds is 2. The van der Waals surface area contributed by atoms with E-state index in [2.05, 4.69) is 10.2 Å². The highest BCUT2D eigenvalue weighted by Crippen LogP contribution is 2.40. The van der Waals surface area contributed by atoms with Gasteiger partial charge in [0.05, 0.1) is 4.87 Å². The molecular weight excluding hydrogens is 260 g/mol. The first-order chi connectivity index (χ1) is 9.19. The molecule has 0 radical (unpaired) electrons. The van der Waals surface area contributed by atoms with E-state index in [-0.39, 0.29) is 10.9 Å². The van der Waals surface area contributed by atoms with Crippen LogP contribution in [-0.4, -0.2) is 51.8 Å². The predicted molar refractivity (Wildman–Crippen MR) is 77.4 cm³/mol. The predicted octanol–water partition coefficient (Wildman–Crippen LogP) is 1.90. The van der Waals surface area contributed by atoms with Crippen molar-refractivity contribution in [2.75, 3.05) is 18.8 Å². The van der Waals surface area contributed by atoms with Gasteiger partial charge in [-0.15, -0.1) is 11.8 Å². The maximum absolute atomic E-state index is 11.1. The Kier molecular flexibility index (Phi) is 4.06. The lowest BCUT2D eigenvalue weighted by molar-refractivity contribution is -0.139. The summed E-state index contributed by atoms with van der Waals surface area (Å²) in [5.41, 5.74) is 0. The minimum atomic E-state index is -0.695. The monoisotopic (exact) mass is 284 g/mol. The van der Waals surface area contributed by atoms with Crippen LogP contribution < -0.4 is 5.32 Å². The van der Waals surface area contributed by atoms with Crippen LogP contribution in [0.25, 0.3) is 0 Å². The van der Waals surface area contributed by atoms with E-state index in [1.54, 1.807) is 0 Å². The fourth-order valence-corrected chi connectivity index (χ4v) is 5.17. The van der Waals surface area contributed by atoms with Gasteiger partial charge in [-0.3, -0.25) is 10.1 Å². The molecule has 1 saturated carbocycles. The van der Waals surface area contributed by atoms with Crippen molar-refractivity contribution in [3.8, 4) is 0 Å². The van der Waals surface area contributed by atoms with E-state index in [0.29, 0.717) is 0 Å². The lowest BCUT2D eigenvalue weighted by Crippen LogP contribution is -2.53. The largest absolute Gasteiger partial charge is 0.480 e. The Balaban J connectivity index is 1.53. The summed E-state index contributed by atoms with van der Waals surface area (Å²) in [5, 5.41) is 12.5. The van der Waals surface area contributed by atoms with Crippen molar-refractivity contribution in [2.24, 2.45) is 0 Å². The minimum Gasteiger partial charge on any atom is -0.480 e. The Hall–Kier alpha value is -0.260. The number of carboxylic acid groups (broad SMARTS) is 1. The van der Waals surface area contributed by atoms with Crippen LogP contribution in [0.3, 0.4) is 0 Å². The molecule has 2 aliphatic heterocycles.